The van der Waals surface area contributed by atoms with E-state index in [0.717, 1.165) is 10.2 Å². The van der Waals surface area contributed by atoms with Crippen LogP contribution < -0.4 is 15.4 Å². The maximum atomic E-state index is 12.2. The van der Waals surface area contributed by atoms with Crippen molar-refractivity contribution < 1.29 is 8.42 Å². The smallest absolute Gasteiger partial charge is 0.276 e. The van der Waals surface area contributed by atoms with Crippen LogP contribution >= 0.6 is 11.3 Å². The fraction of sp³-hybridized carbons (Fsp3) is 0.0714. The molecular weight excluding hydrogens is 320 g/mol. The van der Waals surface area contributed by atoms with Gasteiger partial charge in [0, 0.05) is 12.7 Å². The van der Waals surface area contributed by atoms with E-state index < -0.39 is 10.0 Å². The number of nitrogen functional groups attached to an aromatic ring is 1. The zero-order chi connectivity index (χ0) is 15.7. The number of hydrogen-bond acceptors (Lipinski definition) is 5. The molecule has 1 aromatic heterocycles. The molecule has 0 fully saturated rings. The number of para-hydroxylation sites is 1. The lowest BCUT2D eigenvalue weighted by molar-refractivity contribution is 0.582. The molecule has 22 heavy (non-hydrogen) atoms. The SMILES string of the molecule is Cn1/c(=N/NS(=O)(=O)c2ccc(N)cc2)sc2ccccc21. The van der Waals surface area contributed by atoms with Gasteiger partial charge >= 0.3 is 0 Å². The van der Waals surface area contributed by atoms with Gasteiger partial charge in [-0.25, -0.2) is 0 Å². The number of rotatable bonds is 3. The van der Waals surface area contributed by atoms with E-state index in [4.69, 9.17) is 5.73 Å². The van der Waals surface area contributed by atoms with E-state index >= 15 is 0 Å². The van der Waals surface area contributed by atoms with Crippen molar-refractivity contribution in [3.05, 3.63) is 53.3 Å². The average Bonchev–Trinajstić information content (AvgIpc) is 2.83. The predicted molar refractivity (Wildman–Crippen MR) is 87.5 cm³/mol. The van der Waals surface area contributed by atoms with Gasteiger partial charge in [-0.15, -0.1) is 5.10 Å². The van der Waals surface area contributed by atoms with Crippen LogP contribution in [0, 0.1) is 0 Å². The van der Waals surface area contributed by atoms with Crippen LogP contribution in [0.25, 0.3) is 10.2 Å². The Morgan fingerprint density at radius 2 is 1.82 bits per heavy atom. The molecule has 0 aliphatic heterocycles. The minimum Gasteiger partial charge on any atom is -0.399 e. The summed E-state index contributed by atoms with van der Waals surface area (Å²) in [5, 5.41) is 4.03. The fourth-order valence-electron chi connectivity index (χ4n) is 1.99. The Kier molecular flexibility index (Phi) is 3.63. The Morgan fingerprint density at radius 1 is 1.14 bits per heavy atom. The third-order valence-corrected chi connectivity index (χ3v) is 5.50. The number of hydrogen-bond donors (Lipinski definition) is 2. The van der Waals surface area contributed by atoms with Crippen LogP contribution in [0.3, 0.4) is 0 Å². The Bertz CT molecular complexity index is 986. The standard InChI is InChI=1S/C14H14N4O2S2/c1-18-12-4-2-3-5-13(12)21-14(18)16-17-22(19,20)11-8-6-10(15)7-9-11/h2-9,17H,15H2,1H3/b16-14-. The highest BCUT2D eigenvalue weighted by molar-refractivity contribution is 7.89. The van der Waals surface area contributed by atoms with Crippen molar-refractivity contribution in [3.63, 3.8) is 0 Å². The Hall–Kier alpha value is -2.32. The molecule has 1 heterocycles. The second-order valence-corrected chi connectivity index (χ2v) is 7.36. The molecular formula is C14H14N4O2S2. The molecule has 6 nitrogen and oxygen atoms in total. The first-order chi connectivity index (χ1) is 10.5. The van der Waals surface area contributed by atoms with Crippen molar-refractivity contribution in [3.8, 4) is 0 Å². The summed E-state index contributed by atoms with van der Waals surface area (Å²) < 4.78 is 27.3. The minimum absolute atomic E-state index is 0.120. The van der Waals surface area contributed by atoms with E-state index in [1.165, 1.54) is 35.6 Å². The number of aryl methyl sites for hydroxylation is 1. The normalized spacial score (nSPS) is 12.7. The predicted octanol–water partition coefficient (Wildman–Crippen LogP) is 1.62. The number of anilines is 1. The highest BCUT2D eigenvalue weighted by Crippen LogP contribution is 2.15. The van der Waals surface area contributed by atoms with Gasteiger partial charge in [-0.2, -0.15) is 13.2 Å². The summed E-state index contributed by atoms with van der Waals surface area (Å²) in [6, 6.07) is 13.7. The molecule has 0 atom stereocenters. The zero-order valence-electron chi connectivity index (χ0n) is 11.7. The summed E-state index contributed by atoms with van der Waals surface area (Å²) in [6.07, 6.45) is 0. The summed E-state index contributed by atoms with van der Waals surface area (Å²) in [5.74, 6) is 0. The van der Waals surface area contributed by atoms with Gasteiger partial charge in [-0.05, 0) is 36.4 Å². The number of benzene rings is 2. The maximum absolute atomic E-state index is 12.2. The second kappa shape index (κ2) is 5.47. The summed E-state index contributed by atoms with van der Waals surface area (Å²) in [6.45, 7) is 0. The molecule has 0 saturated carbocycles. The summed E-state index contributed by atoms with van der Waals surface area (Å²) in [5.41, 5.74) is 7.06. The Balaban J connectivity index is 1.98. The van der Waals surface area contributed by atoms with Crippen molar-refractivity contribution in [2.24, 2.45) is 12.1 Å². The molecule has 0 aliphatic carbocycles. The third-order valence-electron chi connectivity index (χ3n) is 3.17. The molecule has 0 bridgehead atoms. The summed E-state index contributed by atoms with van der Waals surface area (Å²) >= 11 is 1.41. The highest BCUT2D eigenvalue weighted by Gasteiger charge is 2.12. The number of thiazole rings is 1. The van der Waals surface area contributed by atoms with Crippen LogP contribution in [-0.4, -0.2) is 13.0 Å². The van der Waals surface area contributed by atoms with Gasteiger partial charge in [0.25, 0.3) is 10.0 Å². The van der Waals surface area contributed by atoms with Gasteiger partial charge in [0.1, 0.15) is 0 Å². The molecule has 0 radical (unpaired) electrons. The van der Waals surface area contributed by atoms with Crippen LogP contribution in [0.2, 0.25) is 0 Å². The zero-order valence-corrected chi connectivity index (χ0v) is 13.4. The number of nitrogens with zero attached hydrogens (tertiary/aromatic N) is 2. The first-order valence-corrected chi connectivity index (χ1v) is 8.73. The molecule has 3 rings (SSSR count). The van der Waals surface area contributed by atoms with Crippen LogP contribution in [0.5, 0.6) is 0 Å². The lowest BCUT2D eigenvalue weighted by atomic mass is 10.3. The van der Waals surface area contributed by atoms with Gasteiger partial charge in [-0.3, -0.25) is 0 Å². The molecule has 0 unspecified atom stereocenters. The Morgan fingerprint density at radius 3 is 2.50 bits per heavy atom. The average molecular weight is 334 g/mol. The van der Waals surface area contributed by atoms with Gasteiger partial charge in [-0.1, -0.05) is 23.5 Å². The van der Waals surface area contributed by atoms with E-state index in [9.17, 15) is 8.42 Å². The molecule has 3 N–H and O–H groups in total. The fourth-order valence-corrected chi connectivity index (χ4v) is 3.83. The number of fused-ring (bicyclic) bond motifs is 1. The molecule has 0 aliphatic rings. The second-order valence-electron chi connectivity index (χ2n) is 4.69. The molecule has 114 valence electrons. The van der Waals surface area contributed by atoms with Gasteiger partial charge < -0.3 is 10.3 Å². The third kappa shape index (κ3) is 2.70. The summed E-state index contributed by atoms with van der Waals surface area (Å²) in [4.78, 5) is 2.95. The van der Waals surface area contributed by atoms with Gasteiger partial charge in [0.15, 0.2) is 0 Å². The lowest BCUT2D eigenvalue weighted by Crippen LogP contribution is -2.23. The first-order valence-electron chi connectivity index (χ1n) is 6.43. The van der Waals surface area contributed by atoms with Crippen LogP contribution in [0.1, 0.15) is 0 Å². The molecule has 0 spiro atoms. The molecule has 3 aromatic rings. The lowest BCUT2D eigenvalue weighted by Gasteiger charge is -2.03. The van der Waals surface area contributed by atoms with Crippen molar-refractivity contribution in [1.29, 1.82) is 0 Å². The minimum atomic E-state index is -3.71. The molecule has 0 amide bonds. The first kappa shape index (κ1) is 14.6. The number of nitrogens with two attached hydrogens (primary N) is 1. The topological polar surface area (TPSA) is 89.5 Å². The maximum Gasteiger partial charge on any atom is 0.276 e. The Labute approximate surface area is 131 Å². The van der Waals surface area contributed by atoms with Crippen molar-refractivity contribution in [1.82, 2.24) is 9.40 Å². The van der Waals surface area contributed by atoms with Crippen LogP contribution in [0.15, 0.2) is 58.5 Å². The van der Waals surface area contributed by atoms with Crippen molar-refractivity contribution in [2.75, 3.05) is 5.73 Å². The van der Waals surface area contributed by atoms with E-state index in [2.05, 4.69) is 9.93 Å². The quantitative estimate of drug-likeness (QED) is 0.563. The largest absolute Gasteiger partial charge is 0.399 e. The number of sulfonamides is 1. The van der Waals surface area contributed by atoms with E-state index in [1.54, 1.807) is 0 Å². The van der Waals surface area contributed by atoms with Gasteiger partial charge in [0.05, 0.1) is 15.1 Å². The van der Waals surface area contributed by atoms with Crippen molar-refractivity contribution >= 4 is 37.3 Å². The molecule has 8 heteroatoms. The van der Waals surface area contributed by atoms with Gasteiger partial charge in [0.2, 0.25) is 4.80 Å². The van der Waals surface area contributed by atoms with E-state index in [1.807, 2.05) is 35.9 Å². The monoisotopic (exact) mass is 334 g/mol. The highest BCUT2D eigenvalue weighted by atomic mass is 32.2. The number of aromatic nitrogens is 1. The van der Waals surface area contributed by atoms with Crippen LogP contribution in [0.4, 0.5) is 5.69 Å². The van der Waals surface area contributed by atoms with Crippen molar-refractivity contribution in [2.45, 2.75) is 4.90 Å². The molecule has 0 saturated heterocycles. The van der Waals surface area contributed by atoms with E-state index in [-0.39, 0.29) is 4.90 Å². The van der Waals surface area contributed by atoms with E-state index in [0.29, 0.717) is 10.5 Å². The summed E-state index contributed by atoms with van der Waals surface area (Å²) in [7, 11) is -1.87. The molecule has 2 aromatic carbocycles. The van der Waals surface area contributed by atoms with Crippen LogP contribution in [-0.2, 0) is 17.1 Å². The number of nitrogens with one attached hydrogen (secondary N) is 1.